The van der Waals surface area contributed by atoms with Gasteiger partial charge in [-0.15, -0.1) is 0 Å². The number of fused-ring (bicyclic) bond motifs is 13. The van der Waals surface area contributed by atoms with Crippen molar-refractivity contribution < 1.29 is 14.3 Å². The minimum absolute atomic E-state index is 0.103. The highest BCUT2D eigenvalue weighted by Crippen LogP contribution is 2.52. The molecule has 2 bridgehead atoms. The first kappa shape index (κ1) is 16.9. The maximum Gasteiger partial charge on any atom is 0.280 e. The van der Waals surface area contributed by atoms with Crippen LogP contribution in [0, 0.1) is 0 Å². The molecule has 3 aliphatic rings. The number of nitrogens with two attached hydrogens (primary N) is 1. The molecule has 5 heterocycles. The maximum absolute atomic E-state index is 13.2. The number of aliphatic imine (C=N–C) groups is 1. The van der Waals surface area contributed by atoms with Gasteiger partial charge in [-0.05, 0) is 12.1 Å². The molecule has 32 heavy (non-hydrogen) atoms. The largest absolute Gasteiger partial charge is 0.383 e. The van der Waals surface area contributed by atoms with Crippen LogP contribution in [0.25, 0.3) is 43.6 Å². The number of para-hydroxylation sites is 2. The van der Waals surface area contributed by atoms with Gasteiger partial charge in [-0.3, -0.25) is 4.79 Å². The number of aromatic nitrogens is 2. The van der Waals surface area contributed by atoms with Crippen LogP contribution in [0.15, 0.2) is 53.5 Å². The van der Waals surface area contributed by atoms with Gasteiger partial charge in [-0.1, -0.05) is 36.4 Å². The number of amides is 1. The third kappa shape index (κ3) is 1.68. The second kappa shape index (κ2) is 5.38. The molecule has 2 aromatic heterocycles. The summed E-state index contributed by atoms with van der Waals surface area (Å²) >= 11 is 0. The van der Waals surface area contributed by atoms with Crippen molar-refractivity contribution in [2.24, 2.45) is 10.7 Å². The predicted octanol–water partition coefficient (Wildman–Crippen LogP) is 4.21. The molecule has 3 aliphatic heterocycles. The first-order valence-corrected chi connectivity index (χ1v) is 10.8. The summed E-state index contributed by atoms with van der Waals surface area (Å²) in [5.41, 5.74) is 11.8. The number of rotatable bonds is 1. The number of amidine groups is 1. The van der Waals surface area contributed by atoms with Crippen LogP contribution in [0.2, 0.25) is 0 Å². The highest BCUT2D eigenvalue weighted by Gasteiger charge is 2.45. The van der Waals surface area contributed by atoms with Gasteiger partial charge in [0.15, 0.2) is 6.23 Å². The molecule has 156 valence electrons. The fraction of sp³-hybridized carbons (Fsp3) is 0.200. The second-order valence-corrected chi connectivity index (χ2v) is 8.76. The van der Waals surface area contributed by atoms with E-state index in [0.717, 1.165) is 55.6 Å². The molecule has 8 rings (SSSR count). The number of nitrogens with zero attached hydrogens (tertiary/aromatic N) is 3. The van der Waals surface area contributed by atoms with E-state index in [1.54, 1.807) is 7.11 Å². The third-order valence-electron chi connectivity index (χ3n) is 7.38. The Morgan fingerprint density at radius 2 is 1.59 bits per heavy atom. The Balaban J connectivity index is 1.77. The fourth-order valence-electron chi connectivity index (χ4n) is 6.23. The Morgan fingerprint density at radius 1 is 0.969 bits per heavy atom. The van der Waals surface area contributed by atoms with Gasteiger partial charge in [-0.25, -0.2) is 0 Å². The van der Waals surface area contributed by atoms with Gasteiger partial charge in [0.25, 0.3) is 5.91 Å². The third-order valence-corrected chi connectivity index (χ3v) is 7.38. The van der Waals surface area contributed by atoms with Crippen molar-refractivity contribution in [3.05, 3.63) is 59.7 Å². The van der Waals surface area contributed by atoms with Crippen LogP contribution in [0.5, 0.6) is 0 Å². The van der Waals surface area contributed by atoms with Crippen molar-refractivity contribution in [3.63, 3.8) is 0 Å². The topological polar surface area (TPSA) is 83.8 Å². The molecule has 7 nitrogen and oxygen atoms in total. The van der Waals surface area contributed by atoms with E-state index in [-0.39, 0.29) is 30.3 Å². The smallest absolute Gasteiger partial charge is 0.280 e. The van der Waals surface area contributed by atoms with Crippen molar-refractivity contribution in [1.29, 1.82) is 0 Å². The molecule has 0 saturated carbocycles. The molecule has 1 fully saturated rings. The average Bonchev–Trinajstić information content (AvgIpc) is 3.50. The molecule has 3 atom stereocenters. The number of hydrogen-bond donors (Lipinski definition) is 1. The minimum Gasteiger partial charge on any atom is -0.383 e. The molecule has 0 unspecified atom stereocenters. The average molecular weight is 422 g/mol. The van der Waals surface area contributed by atoms with E-state index in [9.17, 15) is 4.79 Å². The van der Waals surface area contributed by atoms with E-state index in [2.05, 4.69) is 38.4 Å². The van der Waals surface area contributed by atoms with Gasteiger partial charge in [0.1, 0.15) is 18.2 Å². The van der Waals surface area contributed by atoms with Crippen molar-refractivity contribution >= 4 is 55.4 Å². The minimum atomic E-state index is -0.290. The molecule has 2 N–H and O–H groups in total. The summed E-state index contributed by atoms with van der Waals surface area (Å²) in [5.74, 6) is 0.00878. The Labute approximate surface area is 181 Å². The summed E-state index contributed by atoms with van der Waals surface area (Å²) in [7, 11) is 1.74. The van der Waals surface area contributed by atoms with Crippen LogP contribution >= 0.6 is 0 Å². The maximum atomic E-state index is 13.2. The second-order valence-electron chi connectivity index (χ2n) is 8.76. The zero-order valence-electron chi connectivity index (χ0n) is 17.2. The Kier molecular flexibility index (Phi) is 2.85. The summed E-state index contributed by atoms with van der Waals surface area (Å²) in [4.78, 5) is 17.4. The van der Waals surface area contributed by atoms with Crippen LogP contribution in [-0.2, 0) is 9.47 Å². The van der Waals surface area contributed by atoms with Gasteiger partial charge >= 0.3 is 0 Å². The van der Waals surface area contributed by atoms with E-state index in [1.807, 2.05) is 24.3 Å². The van der Waals surface area contributed by atoms with Crippen molar-refractivity contribution in [3.8, 4) is 0 Å². The molecular formula is C25H18N4O3. The van der Waals surface area contributed by atoms with E-state index in [1.165, 1.54) is 0 Å². The van der Waals surface area contributed by atoms with Gasteiger partial charge in [-0.2, -0.15) is 4.99 Å². The van der Waals surface area contributed by atoms with Crippen molar-refractivity contribution in [1.82, 2.24) is 9.13 Å². The first-order chi connectivity index (χ1) is 15.7. The lowest BCUT2D eigenvalue weighted by Gasteiger charge is -2.21. The normalized spacial score (nSPS) is 23.7. The van der Waals surface area contributed by atoms with Crippen LogP contribution in [0.1, 0.15) is 34.8 Å². The molecule has 0 radical (unpaired) electrons. The van der Waals surface area contributed by atoms with Gasteiger partial charge in [0.05, 0.1) is 27.6 Å². The van der Waals surface area contributed by atoms with Crippen LogP contribution in [0.3, 0.4) is 0 Å². The van der Waals surface area contributed by atoms with E-state index in [4.69, 9.17) is 15.2 Å². The fourth-order valence-corrected chi connectivity index (χ4v) is 6.23. The standard InChI is InChI=1S/C25H18N4O3/c1-31-15-10-16-28-13-8-4-2-6-11(13)17-19-20(24(30)27-23(19)26)18-12-7-3-5-9-14(12)29(25(15)32-16)22(18)21(17)28/h2-9,15-16,25H,10H2,1H3,(H2,26,27,30)/t15-,16-,25+/m0/s1. The number of hydrogen-bond acceptors (Lipinski definition) is 4. The molecule has 0 spiro atoms. The quantitative estimate of drug-likeness (QED) is 0.439. The molecule has 0 aliphatic carbocycles. The zero-order valence-corrected chi connectivity index (χ0v) is 17.2. The Morgan fingerprint density at radius 3 is 2.31 bits per heavy atom. The SMILES string of the molecule is CO[C@H]1C[C@@H]2O[C@H]1n1c3ccccc3c3c4c(c5c6ccccc6n2c5c31)C(N)=NC4=O. The molecule has 5 aromatic rings. The Bertz CT molecular complexity index is 1720. The summed E-state index contributed by atoms with van der Waals surface area (Å²) in [6.45, 7) is 0. The number of ether oxygens (including phenoxy) is 2. The highest BCUT2D eigenvalue weighted by atomic mass is 16.6. The van der Waals surface area contributed by atoms with Crippen molar-refractivity contribution in [2.75, 3.05) is 7.11 Å². The van der Waals surface area contributed by atoms with E-state index >= 15 is 0 Å². The monoisotopic (exact) mass is 422 g/mol. The van der Waals surface area contributed by atoms with E-state index in [0.29, 0.717) is 5.56 Å². The van der Waals surface area contributed by atoms with Crippen LogP contribution in [-0.4, -0.2) is 34.1 Å². The number of benzene rings is 3. The summed E-state index contributed by atoms with van der Waals surface area (Å²) in [6.07, 6.45) is 0.167. The number of carbonyl (C=O) groups is 1. The lowest BCUT2D eigenvalue weighted by atomic mass is 9.95. The molecule has 3 aromatic carbocycles. The van der Waals surface area contributed by atoms with Crippen LogP contribution < -0.4 is 5.73 Å². The summed E-state index contributed by atoms with van der Waals surface area (Å²) in [6, 6.07) is 16.4. The summed E-state index contributed by atoms with van der Waals surface area (Å²) in [5, 5.41) is 3.92. The lowest BCUT2D eigenvalue weighted by molar-refractivity contribution is -0.0597. The highest BCUT2D eigenvalue weighted by molar-refractivity contribution is 6.38. The Hall–Kier alpha value is -3.68. The zero-order chi connectivity index (χ0) is 21.3. The van der Waals surface area contributed by atoms with Gasteiger partial charge < -0.3 is 24.3 Å². The van der Waals surface area contributed by atoms with E-state index < -0.39 is 0 Å². The molecule has 7 heteroatoms. The first-order valence-electron chi connectivity index (χ1n) is 10.8. The predicted molar refractivity (Wildman–Crippen MR) is 122 cm³/mol. The van der Waals surface area contributed by atoms with Gasteiger partial charge in [0, 0.05) is 40.6 Å². The lowest BCUT2D eigenvalue weighted by Crippen LogP contribution is -2.21. The molecular weight excluding hydrogens is 404 g/mol. The number of methoxy groups -OCH3 is 1. The summed E-state index contributed by atoms with van der Waals surface area (Å²) < 4.78 is 17.1. The number of carbonyl (C=O) groups excluding carboxylic acids is 1. The van der Waals surface area contributed by atoms with Gasteiger partial charge in [0.2, 0.25) is 0 Å². The van der Waals surface area contributed by atoms with Crippen molar-refractivity contribution in [2.45, 2.75) is 25.0 Å². The van der Waals surface area contributed by atoms with Crippen LogP contribution in [0.4, 0.5) is 0 Å². The molecule has 1 amide bonds. The molecule has 1 saturated heterocycles.